The number of rotatable bonds is 2. The number of fused-ring (bicyclic) bond motifs is 1. The van der Waals surface area contributed by atoms with Crippen LogP contribution in [0.15, 0.2) is 48.5 Å². The lowest BCUT2D eigenvalue weighted by atomic mass is 10.0. The maximum absolute atomic E-state index is 12.1. The van der Waals surface area contributed by atoms with E-state index in [4.69, 9.17) is 5.73 Å². The first-order valence-electron chi connectivity index (χ1n) is 9.05. The molecule has 1 aromatic heterocycles. The Bertz CT molecular complexity index is 1210. The van der Waals surface area contributed by atoms with Gasteiger partial charge >= 0.3 is 0 Å². The van der Waals surface area contributed by atoms with Crippen molar-refractivity contribution in [2.24, 2.45) is 5.73 Å². The summed E-state index contributed by atoms with van der Waals surface area (Å²) in [6, 6.07) is 14.2. The van der Waals surface area contributed by atoms with Gasteiger partial charge in [-0.05, 0) is 18.2 Å². The normalized spacial score (nSPS) is 18.6. The van der Waals surface area contributed by atoms with E-state index in [1.807, 2.05) is 6.07 Å². The van der Waals surface area contributed by atoms with E-state index in [1.54, 1.807) is 49.5 Å². The zero-order valence-electron chi connectivity index (χ0n) is 15.7. The molecule has 1 saturated heterocycles. The summed E-state index contributed by atoms with van der Waals surface area (Å²) in [6.07, 6.45) is 0.269. The van der Waals surface area contributed by atoms with Crippen molar-refractivity contribution in [2.45, 2.75) is 12.0 Å². The quantitative estimate of drug-likeness (QED) is 0.646. The number of benzene rings is 2. The molecule has 7 heteroatoms. The smallest absolute Gasteiger partial charge is 0.268 e. The molecule has 144 valence electrons. The topological polar surface area (TPSA) is 109 Å². The van der Waals surface area contributed by atoms with Gasteiger partial charge in [-0.15, -0.1) is 0 Å². The predicted octanol–water partition coefficient (Wildman–Crippen LogP) is 1.34. The number of nitrogens with zero attached hydrogens (tertiary/aromatic N) is 3. The van der Waals surface area contributed by atoms with Crippen LogP contribution in [0.1, 0.15) is 22.5 Å². The molecule has 2 amide bonds. The van der Waals surface area contributed by atoms with E-state index in [9.17, 15) is 14.7 Å². The molecule has 3 aromatic rings. The Morgan fingerprint density at radius 1 is 1.21 bits per heavy atom. The molecule has 1 fully saturated rings. The van der Waals surface area contributed by atoms with Gasteiger partial charge in [-0.1, -0.05) is 42.2 Å². The van der Waals surface area contributed by atoms with E-state index < -0.39 is 17.4 Å². The number of hydrogen-bond donors (Lipinski definition) is 2. The zero-order chi connectivity index (χ0) is 20.6. The zero-order valence-corrected chi connectivity index (χ0v) is 15.7. The van der Waals surface area contributed by atoms with E-state index in [0.717, 1.165) is 0 Å². The third-order valence-electron chi connectivity index (χ3n) is 4.88. The summed E-state index contributed by atoms with van der Waals surface area (Å²) in [5.74, 6) is 4.87. The van der Waals surface area contributed by atoms with Crippen molar-refractivity contribution in [1.82, 2.24) is 14.9 Å². The number of aliphatic hydroxyl groups is 1. The lowest BCUT2D eigenvalue weighted by Crippen LogP contribution is -2.37. The Kier molecular flexibility index (Phi) is 4.49. The number of carbonyl (C=O) groups excluding carboxylic acids is 2. The van der Waals surface area contributed by atoms with Gasteiger partial charge in [-0.2, -0.15) is 0 Å². The number of primary amides is 1. The summed E-state index contributed by atoms with van der Waals surface area (Å²) in [7, 11) is 1.63. The number of likely N-dealkylation sites (N-methyl/N-ethyl adjacent to an activating group) is 1. The Labute approximate surface area is 167 Å². The second-order valence-electron chi connectivity index (χ2n) is 6.95. The van der Waals surface area contributed by atoms with E-state index in [0.29, 0.717) is 34.4 Å². The average molecular weight is 386 g/mol. The molecule has 4 rings (SSSR count). The lowest BCUT2D eigenvalue weighted by molar-refractivity contribution is -0.137. The molecule has 7 nitrogen and oxygen atoms in total. The number of amides is 2. The number of likely N-dealkylation sites (tertiary alicyclic amines) is 1. The van der Waals surface area contributed by atoms with E-state index >= 15 is 0 Å². The van der Waals surface area contributed by atoms with Crippen LogP contribution in [0.2, 0.25) is 0 Å². The van der Waals surface area contributed by atoms with Crippen LogP contribution in [0.3, 0.4) is 0 Å². The third kappa shape index (κ3) is 3.42. The molecule has 0 radical (unpaired) electrons. The molecular weight excluding hydrogens is 368 g/mol. The van der Waals surface area contributed by atoms with Gasteiger partial charge in [-0.3, -0.25) is 9.59 Å². The van der Waals surface area contributed by atoms with Crippen LogP contribution in [0.5, 0.6) is 0 Å². The molecular formula is C22H18N4O3. The van der Waals surface area contributed by atoms with Crippen molar-refractivity contribution in [3.05, 3.63) is 59.8 Å². The van der Waals surface area contributed by atoms with Gasteiger partial charge in [0.1, 0.15) is 5.69 Å². The van der Waals surface area contributed by atoms with Gasteiger partial charge < -0.3 is 15.7 Å². The number of carbonyl (C=O) groups is 2. The monoisotopic (exact) mass is 386 g/mol. The number of hydrogen-bond acceptors (Lipinski definition) is 5. The van der Waals surface area contributed by atoms with Crippen LogP contribution < -0.4 is 5.73 Å². The second kappa shape index (κ2) is 7.00. The van der Waals surface area contributed by atoms with Crippen molar-refractivity contribution in [1.29, 1.82) is 0 Å². The van der Waals surface area contributed by atoms with Crippen molar-refractivity contribution >= 4 is 22.7 Å². The highest BCUT2D eigenvalue weighted by molar-refractivity contribution is 6.04. The molecule has 3 N–H and O–H groups in total. The first-order valence-corrected chi connectivity index (χ1v) is 9.05. The van der Waals surface area contributed by atoms with Gasteiger partial charge in [-0.25, -0.2) is 9.97 Å². The Morgan fingerprint density at radius 2 is 2.00 bits per heavy atom. The highest BCUT2D eigenvalue weighted by atomic mass is 16.3. The molecule has 0 aliphatic carbocycles. The van der Waals surface area contributed by atoms with Crippen LogP contribution in [-0.4, -0.2) is 51.0 Å². The van der Waals surface area contributed by atoms with Gasteiger partial charge in [0.2, 0.25) is 5.60 Å². The summed E-state index contributed by atoms with van der Waals surface area (Å²) < 4.78 is 0. The van der Waals surface area contributed by atoms with Crippen molar-refractivity contribution in [2.75, 3.05) is 13.6 Å². The van der Waals surface area contributed by atoms with Gasteiger partial charge in [0, 0.05) is 36.5 Å². The molecule has 0 unspecified atom stereocenters. The fraction of sp³-hybridized carbons (Fsp3) is 0.182. The summed E-state index contributed by atoms with van der Waals surface area (Å²) in [4.78, 5) is 34.2. The Balaban J connectivity index is 1.75. The maximum atomic E-state index is 12.1. The van der Waals surface area contributed by atoms with E-state index in [-0.39, 0.29) is 12.1 Å². The van der Waals surface area contributed by atoms with Crippen LogP contribution in [-0.2, 0) is 4.79 Å². The fourth-order valence-electron chi connectivity index (χ4n) is 3.27. The molecule has 1 atom stereocenters. The number of aromatic nitrogens is 2. The first kappa shape index (κ1) is 18.6. The number of nitrogens with two attached hydrogens (primary N) is 1. The Hall–Kier alpha value is -3.76. The minimum absolute atomic E-state index is 0.149. The van der Waals surface area contributed by atoms with Gasteiger partial charge in [0.25, 0.3) is 11.8 Å². The average Bonchev–Trinajstić information content (AvgIpc) is 2.99. The van der Waals surface area contributed by atoms with Gasteiger partial charge in [0.15, 0.2) is 5.82 Å². The SMILES string of the molecule is CN1CC[C@@](O)(C#Cc2cccc(-c3nc(C(N)=O)c4ccccc4n3)c2)C1=O. The summed E-state index contributed by atoms with van der Waals surface area (Å²) in [6.45, 7) is 0.463. The molecule has 0 spiro atoms. The van der Waals surface area contributed by atoms with Crippen LogP contribution >= 0.6 is 0 Å². The largest absolute Gasteiger partial charge is 0.369 e. The van der Waals surface area contributed by atoms with E-state index in [1.165, 1.54) is 4.90 Å². The highest BCUT2D eigenvalue weighted by Gasteiger charge is 2.42. The highest BCUT2D eigenvalue weighted by Crippen LogP contribution is 2.23. The predicted molar refractivity (Wildman–Crippen MR) is 108 cm³/mol. The van der Waals surface area contributed by atoms with Crippen LogP contribution in [0.4, 0.5) is 0 Å². The van der Waals surface area contributed by atoms with Crippen molar-refractivity contribution < 1.29 is 14.7 Å². The molecule has 2 heterocycles. The molecule has 0 bridgehead atoms. The molecule has 0 saturated carbocycles. The van der Waals surface area contributed by atoms with E-state index in [2.05, 4.69) is 21.8 Å². The van der Waals surface area contributed by atoms with Crippen molar-refractivity contribution in [3.63, 3.8) is 0 Å². The minimum Gasteiger partial charge on any atom is -0.369 e. The maximum Gasteiger partial charge on any atom is 0.268 e. The number of para-hydroxylation sites is 1. The summed E-state index contributed by atoms with van der Waals surface area (Å²) >= 11 is 0. The summed E-state index contributed by atoms with van der Waals surface area (Å²) in [5.41, 5.74) is 5.83. The molecule has 1 aliphatic heterocycles. The Morgan fingerprint density at radius 3 is 2.72 bits per heavy atom. The second-order valence-corrected chi connectivity index (χ2v) is 6.95. The molecule has 2 aromatic carbocycles. The van der Waals surface area contributed by atoms with Crippen LogP contribution in [0.25, 0.3) is 22.3 Å². The summed E-state index contributed by atoms with van der Waals surface area (Å²) in [5, 5.41) is 11.0. The lowest BCUT2D eigenvalue weighted by Gasteiger charge is -2.13. The molecule has 29 heavy (non-hydrogen) atoms. The van der Waals surface area contributed by atoms with Crippen LogP contribution in [0, 0.1) is 11.8 Å². The first-order chi connectivity index (χ1) is 13.9. The third-order valence-corrected chi connectivity index (χ3v) is 4.88. The van der Waals surface area contributed by atoms with Gasteiger partial charge in [0.05, 0.1) is 5.52 Å². The standard InChI is InChI=1S/C22H18N4O3/c1-26-12-11-22(29,21(26)28)10-9-14-5-4-6-15(13-14)20-24-17-8-3-2-7-16(17)18(25-20)19(23)27/h2-8,13,29H,11-12H2,1H3,(H2,23,27)/t22-/m0/s1. The van der Waals surface area contributed by atoms with Crippen molar-refractivity contribution in [3.8, 4) is 23.2 Å². The molecule has 1 aliphatic rings. The minimum atomic E-state index is -1.66. The fourth-order valence-corrected chi connectivity index (χ4v) is 3.27.